The summed E-state index contributed by atoms with van der Waals surface area (Å²) in [5.74, 6) is 1.62. The summed E-state index contributed by atoms with van der Waals surface area (Å²) < 4.78 is 0. The SMILES string of the molecule is Cc1cnccc1CNc1nc(-c2cccs2)nc2ccccc12. The van der Waals surface area contributed by atoms with Gasteiger partial charge in [-0.2, -0.15) is 0 Å². The van der Waals surface area contributed by atoms with E-state index in [-0.39, 0.29) is 0 Å². The number of anilines is 1. The Bertz CT molecular complexity index is 980. The van der Waals surface area contributed by atoms with Crippen LogP contribution in [0.3, 0.4) is 0 Å². The molecule has 0 fully saturated rings. The van der Waals surface area contributed by atoms with E-state index >= 15 is 0 Å². The Hall–Kier alpha value is -2.79. The smallest absolute Gasteiger partial charge is 0.172 e. The number of fused-ring (bicyclic) bond motifs is 1. The normalized spacial score (nSPS) is 10.9. The van der Waals surface area contributed by atoms with Crippen LogP contribution in [0.4, 0.5) is 5.82 Å². The molecule has 0 aliphatic carbocycles. The summed E-state index contributed by atoms with van der Waals surface area (Å²) in [6.45, 7) is 2.78. The van der Waals surface area contributed by atoms with Crippen molar-refractivity contribution in [1.29, 1.82) is 0 Å². The topological polar surface area (TPSA) is 50.7 Å². The number of benzene rings is 1. The number of thiophene rings is 1. The van der Waals surface area contributed by atoms with Gasteiger partial charge in [-0.05, 0) is 47.7 Å². The van der Waals surface area contributed by atoms with Crippen molar-refractivity contribution in [1.82, 2.24) is 15.0 Å². The molecule has 0 bridgehead atoms. The number of nitrogens with zero attached hydrogens (tertiary/aromatic N) is 3. The van der Waals surface area contributed by atoms with Crippen LogP contribution in [0.5, 0.6) is 0 Å². The highest BCUT2D eigenvalue weighted by molar-refractivity contribution is 7.13. The standard InChI is InChI=1S/C19H16N4S/c1-13-11-20-9-8-14(13)12-21-18-15-5-2-3-6-16(15)22-19(23-18)17-7-4-10-24-17/h2-11H,12H2,1H3,(H,21,22,23). The van der Waals surface area contributed by atoms with Gasteiger partial charge in [0.25, 0.3) is 0 Å². The molecule has 0 aliphatic rings. The molecule has 0 amide bonds. The Morgan fingerprint density at radius 1 is 1.04 bits per heavy atom. The molecule has 0 atom stereocenters. The number of para-hydroxylation sites is 1. The molecule has 0 unspecified atom stereocenters. The minimum atomic E-state index is 0.708. The van der Waals surface area contributed by atoms with E-state index in [1.807, 2.05) is 54.2 Å². The van der Waals surface area contributed by atoms with Crippen molar-refractivity contribution in [3.8, 4) is 10.7 Å². The summed E-state index contributed by atoms with van der Waals surface area (Å²) in [6.07, 6.45) is 3.70. The summed E-state index contributed by atoms with van der Waals surface area (Å²) in [4.78, 5) is 14.7. The number of pyridine rings is 1. The van der Waals surface area contributed by atoms with Crippen molar-refractivity contribution in [3.05, 3.63) is 71.4 Å². The summed E-state index contributed by atoms with van der Waals surface area (Å²) >= 11 is 1.65. The Kier molecular flexibility index (Phi) is 3.92. The highest BCUT2D eigenvalue weighted by Crippen LogP contribution is 2.27. The van der Waals surface area contributed by atoms with E-state index in [1.165, 1.54) is 11.1 Å². The van der Waals surface area contributed by atoms with Crippen LogP contribution < -0.4 is 5.32 Å². The molecule has 0 aliphatic heterocycles. The van der Waals surface area contributed by atoms with E-state index in [2.05, 4.69) is 23.3 Å². The van der Waals surface area contributed by atoms with Crippen LogP contribution in [0.25, 0.3) is 21.6 Å². The van der Waals surface area contributed by atoms with Gasteiger partial charge in [0.1, 0.15) is 5.82 Å². The van der Waals surface area contributed by atoms with Crippen LogP contribution in [0, 0.1) is 6.92 Å². The summed E-state index contributed by atoms with van der Waals surface area (Å²) in [5.41, 5.74) is 3.33. The molecule has 1 N–H and O–H groups in total. The molecule has 1 aromatic carbocycles. The van der Waals surface area contributed by atoms with E-state index in [4.69, 9.17) is 9.97 Å². The van der Waals surface area contributed by atoms with Crippen LogP contribution >= 0.6 is 11.3 Å². The van der Waals surface area contributed by atoms with Gasteiger partial charge in [-0.3, -0.25) is 4.98 Å². The number of hydrogen-bond donors (Lipinski definition) is 1. The fourth-order valence-electron chi connectivity index (χ4n) is 2.61. The van der Waals surface area contributed by atoms with Crippen LogP contribution in [-0.2, 0) is 6.54 Å². The molecule has 0 saturated carbocycles. The van der Waals surface area contributed by atoms with Crippen molar-refractivity contribution in [2.24, 2.45) is 0 Å². The van der Waals surface area contributed by atoms with Gasteiger partial charge in [0.05, 0.1) is 10.4 Å². The maximum Gasteiger partial charge on any atom is 0.172 e. The highest BCUT2D eigenvalue weighted by Gasteiger charge is 2.10. The summed E-state index contributed by atoms with van der Waals surface area (Å²) in [6, 6.07) is 14.2. The Morgan fingerprint density at radius 2 is 1.96 bits per heavy atom. The minimum Gasteiger partial charge on any atom is -0.365 e. The van der Waals surface area contributed by atoms with Gasteiger partial charge in [0.15, 0.2) is 5.82 Å². The molecule has 0 radical (unpaired) electrons. The van der Waals surface area contributed by atoms with Gasteiger partial charge in [-0.1, -0.05) is 18.2 Å². The second kappa shape index (κ2) is 6.37. The van der Waals surface area contributed by atoms with E-state index in [0.29, 0.717) is 6.54 Å². The molecule has 4 rings (SSSR count). The van der Waals surface area contributed by atoms with Crippen molar-refractivity contribution < 1.29 is 0 Å². The molecule has 24 heavy (non-hydrogen) atoms. The molecule has 5 heteroatoms. The van der Waals surface area contributed by atoms with Crippen molar-refractivity contribution >= 4 is 28.1 Å². The van der Waals surface area contributed by atoms with E-state index in [9.17, 15) is 0 Å². The largest absolute Gasteiger partial charge is 0.365 e. The second-order valence-electron chi connectivity index (χ2n) is 5.55. The van der Waals surface area contributed by atoms with E-state index in [1.54, 1.807) is 11.3 Å². The fraction of sp³-hybridized carbons (Fsp3) is 0.105. The Balaban J connectivity index is 1.74. The van der Waals surface area contributed by atoms with Crippen molar-refractivity contribution in [2.45, 2.75) is 13.5 Å². The third kappa shape index (κ3) is 2.86. The lowest BCUT2D eigenvalue weighted by Crippen LogP contribution is -2.05. The van der Waals surface area contributed by atoms with Crippen LogP contribution in [-0.4, -0.2) is 15.0 Å². The Morgan fingerprint density at radius 3 is 2.79 bits per heavy atom. The van der Waals surface area contributed by atoms with Gasteiger partial charge in [-0.25, -0.2) is 9.97 Å². The number of nitrogens with one attached hydrogen (secondary N) is 1. The molecule has 3 aromatic heterocycles. The third-order valence-corrected chi connectivity index (χ3v) is 4.79. The third-order valence-electron chi connectivity index (χ3n) is 3.93. The van der Waals surface area contributed by atoms with E-state index in [0.717, 1.165) is 27.4 Å². The minimum absolute atomic E-state index is 0.708. The highest BCUT2D eigenvalue weighted by atomic mass is 32.1. The summed E-state index contributed by atoms with van der Waals surface area (Å²) in [5, 5.41) is 6.55. The first kappa shape index (κ1) is 14.8. The predicted molar refractivity (Wildman–Crippen MR) is 99.2 cm³/mol. The second-order valence-corrected chi connectivity index (χ2v) is 6.49. The molecule has 4 aromatic rings. The van der Waals surface area contributed by atoms with Crippen LogP contribution in [0.1, 0.15) is 11.1 Å². The number of rotatable bonds is 4. The zero-order valence-corrected chi connectivity index (χ0v) is 14.0. The lowest BCUT2D eigenvalue weighted by molar-refractivity contribution is 1.07. The maximum absolute atomic E-state index is 4.76. The van der Waals surface area contributed by atoms with Gasteiger partial charge < -0.3 is 5.32 Å². The zero-order chi connectivity index (χ0) is 16.4. The van der Waals surface area contributed by atoms with E-state index < -0.39 is 0 Å². The van der Waals surface area contributed by atoms with Crippen molar-refractivity contribution in [2.75, 3.05) is 5.32 Å². The lowest BCUT2D eigenvalue weighted by atomic mass is 10.1. The lowest BCUT2D eigenvalue weighted by Gasteiger charge is -2.11. The molecular weight excluding hydrogens is 316 g/mol. The molecule has 4 nitrogen and oxygen atoms in total. The predicted octanol–water partition coefficient (Wildman–Crippen LogP) is 4.67. The van der Waals surface area contributed by atoms with Crippen molar-refractivity contribution in [3.63, 3.8) is 0 Å². The van der Waals surface area contributed by atoms with Crippen LogP contribution in [0.15, 0.2) is 60.2 Å². The monoisotopic (exact) mass is 332 g/mol. The number of aryl methyl sites for hydroxylation is 1. The van der Waals surface area contributed by atoms with Gasteiger partial charge >= 0.3 is 0 Å². The molecular formula is C19H16N4S. The zero-order valence-electron chi connectivity index (χ0n) is 13.2. The first-order valence-electron chi connectivity index (χ1n) is 7.75. The molecule has 0 saturated heterocycles. The van der Waals surface area contributed by atoms with Gasteiger partial charge in [0, 0.05) is 24.3 Å². The average molecular weight is 332 g/mol. The average Bonchev–Trinajstić information content (AvgIpc) is 3.15. The first-order chi connectivity index (χ1) is 11.8. The van der Waals surface area contributed by atoms with Gasteiger partial charge in [0.2, 0.25) is 0 Å². The molecule has 118 valence electrons. The molecule has 0 spiro atoms. The van der Waals surface area contributed by atoms with Crippen LogP contribution in [0.2, 0.25) is 0 Å². The number of aromatic nitrogens is 3. The summed E-state index contributed by atoms with van der Waals surface area (Å²) in [7, 11) is 0. The first-order valence-corrected chi connectivity index (χ1v) is 8.63. The fourth-order valence-corrected chi connectivity index (χ4v) is 3.26. The number of hydrogen-bond acceptors (Lipinski definition) is 5. The van der Waals surface area contributed by atoms with Gasteiger partial charge in [-0.15, -0.1) is 11.3 Å². The quantitative estimate of drug-likeness (QED) is 0.590. The molecule has 3 heterocycles. The maximum atomic E-state index is 4.76. The Labute approximate surface area is 144 Å².